The molecule has 0 atom stereocenters. The van der Waals surface area contributed by atoms with Crippen molar-refractivity contribution >= 4 is 16.4 Å². The van der Waals surface area contributed by atoms with Crippen molar-refractivity contribution in [3.8, 4) is 56.0 Å². The van der Waals surface area contributed by atoms with Gasteiger partial charge in [-0.3, -0.25) is 9.38 Å². The van der Waals surface area contributed by atoms with E-state index in [0.29, 0.717) is 0 Å². The van der Waals surface area contributed by atoms with Crippen molar-refractivity contribution in [3.05, 3.63) is 164 Å². The van der Waals surface area contributed by atoms with Crippen molar-refractivity contribution in [2.75, 3.05) is 0 Å². The number of aromatic nitrogens is 3. The average Bonchev–Trinajstić information content (AvgIpc) is 3.48. The first-order chi connectivity index (χ1) is 21.7. The molecule has 0 fully saturated rings. The van der Waals surface area contributed by atoms with Crippen LogP contribution in [-0.4, -0.2) is 14.4 Å². The van der Waals surface area contributed by atoms with Crippen molar-refractivity contribution in [2.24, 2.45) is 0 Å². The van der Waals surface area contributed by atoms with Gasteiger partial charge in [-0.2, -0.15) is 0 Å². The zero-order valence-corrected chi connectivity index (χ0v) is 24.4. The number of fused-ring (bicyclic) bond motifs is 2. The summed E-state index contributed by atoms with van der Waals surface area (Å²) in [4.78, 5) is 9.96. The molecule has 0 amide bonds. The van der Waals surface area contributed by atoms with E-state index < -0.39 is 0 Å². The lowest BCUT2D eigenvalue weighted by atomic mass is 9.91. The highest BCUT2D eigenvalue weighted by molar-refractivity contribution is 5.98. The Hall–Kier alpha value is -5.80. The second-order valence-corrected chi connectivity index (χ2v) is 11.2. The highest BCUT2D eigenvalue weighted by atomic mass is 15.0. The molecule has 0 saturated carbocycles. The smallest absolute Gasteiger partial charge is 0.137 e. The summed E-state index contributed by atoms with van der Waals surface area (Å²) in [5.74, 6) is 0. The molecule has 0 unspecified atom stereocenters. The molecule has 3 nitrogen and oxygen atoms in total. The van der Waals surface area contributed by atoms with Gasteiger partial charge in [-0.15, -0.1) is 0 Å². The molecule has 5 aromatic carbocycles. The topological polar surface area (TPSA) is 30.2 Å². The summed E-state index contributed by atoms with van der Waals surface area (Å²) in [6.07, 6.45) is 2.10. The molecule has 0 N–H and O–H groups in total. The van der Waals surface area contributed by atoms with Crippen LogP contribution in [0.15, 0.2) is 158 Å². The van der Waals surface area contributed by atoms with E-state index in [1.54, 1.807) is 0 Å². The molecule has 0 saturated heterocycles. The van der Waals surface area contributed by atoms with E-state index in [-0.39, 0.29) is 0 Å². The van der Waals surface area contributed by atoms with Crippen molar-refractivity contribution < 1.29 is 0 Å². The summed E-state index contributed by atoms with van der Waals surface area (Å²) in [5.41, 5.74) is 12.9. The van der Waals surface area contributed by atoms with Gasteiger partial charge in [0.15, 0.2) is 0 Å². The van der Waals surface area contributed by atoms with Crippen LogP contribution in [0.25, 0.3) is 72.4 Å². The Morgan fingerprint density at radius 2 is 1.16 bits per heavy atom. The van der Waals surface area contributed by atoms with Crippen molar-refractivity contribution in [1.29, 1.82) is 0 Å². The SMILES string of the molecule is Cc1cccc(-c2cc(-c3cccc(-c4c(-c5ccccc5)nc5ccccn45)c3)cc(-c3cccc4ccccc34)c2)n1. The standard InChI is InChI=1S/C41H29N3/c1-28-12-9-21-38(42-28)35-26-33(25-34(27-35)37-20-11-16-29-13-5-6-19-36(29)37)31-17-10-18-32(24-31)41-40(30-14-3-2-4-15-30)43-39-22-7-8-23-44(39)41/h2-27H,1H3. The lowest BCUT2D eigenvalue weighted by Gasteiger charge is -2.14. The van der Waals surface area contributed by atoms with Gasteiger partial charge in [0.25, 0.3) is 0 Å². The Morgan fingerprint density at radius 1 is 0.477 bits per heavy atom. The third-order valence-corrected chi connectivity index (χ3v) is 8.26. The fraction of sp³-hybridized carbons (Fsp3) is 0.0244. The van der Waals surface area contributed by atoms with Gasteiger partial charge in [0.05, 0.1) is 17.1 Å². The van der Waals surface area contributed by atoms with Crippen molar-refractivity contribution in [2.45, 2.75) is 6.92 Å². The van der Waals surface area contributed by atoms with Gasteiger partial charge in [-0.1, -0.05) is 103 Å². The van der Waals surface area contributed by atoms with E-state index in [4.69, 9.17) is 9.97 Å². The third kappa shape index (κ3) is 4.65. The van der Waals surface area contributed by atoms with Gasteiger partial charge in [0.1, 0.15) is 5.65 Å². The number of hydrogen-bond donors (Lipinski definition) is 0. The van der Waals surface area contributed by atoms with Crippen LogP contribution in [0.5, 0.6) is 0 Å². The Labute approximate surface area is 256 Å². The quantitative estimate of drug-likeness (QED) is 0.208. The molecule has 3 heteroatoms. The molecule has 0 aliphatic heterocycles. The van der Waals surface area contributed by atoms with Gasteiger partial charge in [-0.05, 0) is 88.5 Å². The number of hydrogen-bond acceptors (Lipinski definition) is 2. The van der Waals surface area contributed by atoms with E-state index in [2.05, 4.69) is 144 Å². The lowest BCUT2D eigenvalue weighted by molar-refractivity contribution is 1.19. The maximum absolute atomic E-state index is 5.06. The Morgan fingerprint density at radius 3 is 2.07 bits per heavy atom. The maximum Gasteiger partial charge on any atom is 0.137 e. The molecule has 208 valence electrons. The normalized spacial score (nSPS) is 11.3. The summed E-state index contributed by atoms with van der Waals surface area (Å²) < 4.78 is 2.19. The number of benzene rings is 5. The minimum atomic E-state index is 0.928. The van der Waals surface area contributed by atoms with Gasteiger partial charge in [-0.25, -0.2) is 4.98 Å². The predicted octanol–water partition coefficient (Wildman–Crippen LogP) is 10.5. The fourth-order valence-corrected chi connectivity index (χ4v) is 6.19. The van der Waals surface area contributed by atoms with E-state index in [1.807, 2.05) is 25.1 Å². The molecule has 0 aliphatic rings. The van der Waals surface area contributed by atoms with Crippen LogP contribution in [0.2, 0.25) is 0 Å². The zero-order valence-electron chi connectivity index (χ0n) is 24.4. The van der Waals surface area contributed by atoms with E-state index in [0.717, 1.165) is 56.2 Å². The van der Waals surface area contributed by atoms with Crippen LogP contribution in [0.1, 0.15) is 5.69 Å². The minimum absolute atomic E-state index is 0.928. The number of aryl methyl sites for hydroxylation is 1. The van der Waals surface area contributed by atoms with Crippen molar-refractivity contribution in [1.82, 2.24) is 14.4 Å². The molecule has 0 radical (unpaired) electrons. The van der Waals surface area contributed by atoms with Crippen LogP contribution in [0.3, 0.4) is 0 Å². The van der Waals surface area contributed by atoms with Gasteiger partial charge in [0, 0.05) is 28.6 Å². The molecule has 8 rings (SSSR count). The largest absolute Gasteiger partial charge is 0.299 e. The minimum Gasteiger partial charge on any atom is -0.299 e. The molecule has 44 heavy (non-hydrogen) atoms. The monoisotopic (exact) mass is 563 g/mol. The summed E-state index contributed by atoms with van der Waals surface area (Å²) >= 11 is 0. The first-order valence-corrected chi connectivity index (χ1v) is 14.9. The van der Waals surface area contributed by atoms with Gasteiger partial charge >= 0.3 is 0 Å². The van der Waals surface area contributed by atoms with E-state index in [1.165, 1.54) is 21.9 Å². The van der Waals surface area contributed by atoms with Gasteiger partial charge in [0.2, 0.25) is 0 Å². The molecule has 0 bridgehead atoms. The molecule has 3 heterocycles. The van der Waals surface area contributed by atoms with Gasteiger partial charge < -0.3 is 0 Å². The summed E-state index contributed by atoms with van der Waals surface area (Å²) in [6.45, 7) is 2.04. The van der Waals surface area contributed by atoms with Crippen molar-refractivity contribution in [3.63, 3.8) is 0 Å². The predicted molar refractivity (Wildman–Crippen MR) is 182 cm³/mol. The van der Waals surface area contributed by atoms with Crippen LogP contribution in [0.4, 0.5) is 0 Å². The van der Waals surface area contributed by atoms with Crippen LogP contribution < -0.4 is 0 Å². The molecular weight excluding hydrogens is 534 g/mol. The number of rotatable bonds is 5. The van der Waals surface area contributed by atoms with Crippen LogP contribution in [0, 0.1) is 6.92 Å². The molecular formula is C41H29N3. The summed E-state index contributed by atoms with van der Waals surface area (Å²) in [5, 5.41) is 2.47. The summed E-state index contributed by atoms with van der Waals surface area (Å²) in [7, 11) is 0. The molecule has 0 aliphatic carbocycles. The maximum atomic E-state index is 5.06. The highest BCUT2D eigenvalue weighted by Crippen LogP contribution is 2.38. The first kappa shape index (κ1) is 25.9. The fourth-order valence-electron chi connectivity index (χ4n) is 6.19. The second kappa shape index (κ2) is 10.8. The highest BCUT2D eigenvalue weighted by Gasteiger charge is 2.17. The number of pyridine rings is 2. The second-order valence-electron chi connectivity index (χ2n) is 11.2. The number of nitrogens with zero attached hydrogens (tertiary/aromatic N) is 3. The molecule has 0 spiro atoms. The van der Waals surface area contributed by atoms with Crippen LogP contribution >= 0.6 is 0 Å². The zero-order chi connectivity index (χ0) is 29.5. The summed E-state index contributed by atoms with van der Waals surface area (Å²) in [6, 6.07) is 53.6. The number of imidazole rings is 1. The third-order valence-electron chi connectivity index (χ3n) is 8.26. The Balaban J connectivity index is 1.34. The average molecular weight is 564 g/mol. The van der Waals surface area contributed by atoms with E-state index in [9.17, 15) is 0 Å². The molecule has 8 aromatic rings. The first-order valence-electron chi connectivity index (χ1n) is 14.9. The van der Waals surface area contributed by atoms with Crippen LogP contribution in [-0.2, 0) is 0 Å². The molecule has 3 aromatic heterocycles. The van der Waals surface area contributed by atoms with E-state index >= 15 is 0 Å². The Bertz CT molecular complexity index is 2290. The Kier molecular flexibility index (Phi) is 6.35. The lowest BCUT2D eigenvalue weighted by Crippen LogP contribution is -1.92.